The molecule has 0 aromatic heterocycles. The predicted molar refractivity (Wildman–Crippen MR) is 103 cm³/mol. The molecule has 6 nitrogen and oxygen atoms in total. The molecule has 0 amide bonds. The van der Waals surface area contributed by atoms with Crippen molar-refractivity contribution in [1.29, 1.82) is 0 Å². The first-order valence-electron chi connectivity index (χ1n) is 10.1. The van der Waals surface area contributed by atoms with Gasteiger partial charge in [0.25, 0.3) is 0 Å². The first-order valence-corrected chi connectivity index (χ1v) is 10.1. The third-order valence-electron chi connectivity index (χ3n) is 5.87. The Hall–Kier alpha value is -1.24. The molecule has 0 bridgehead atoms. The Kier molecular flexibility index (Phi) is 8.01. The molecule has 0 spiro atoms. The molecule has 0 radical (unpaired) electrons. The van der Waals surface area contributed by atoms with Crippen molar-refractivity contribution < 1.29 is 24.2 Å². The predicted octanol–water partition coefficient (Wildman–Crippen LogP) is 2.59. The van der Waals surface area contributed by atoms with Crippen molar-refractivity contribution in [3.8, 4) is 0 Å². The number of rotatable bonds is 0. The van der Waals surface area contributed by atoms with E-state index < -0.39 is 17.5 Å². The van der Waals surface area contributed by atoms with E-state index in [9.17, 15) is 14.7 Å². The number of Topliss-reactive ketones (excluding diaryl/α,β-unsaturated/α-hetero) is 1. The molecular weight excluding hydrogens is 346 g/mol. The molecule has 2 aliphatic rings. The van der Waals surface area contributed by atoms with E-state index in [1.165, 1.54) is 5.57 Å². The van der Waals surface area contributed by atoms with Gasteiger partial charge in [-0.1, -0.05) is 33.8 Å². The van der Waals surface area contributed by atoms with Gasteiger partial charge in [0.05, 0.1) is 37.4 Å². The standard InChI is InChI=1S/C21H35NO5/c1-14-7-8-17-16(12-22-13-27-17)6-5-9-26-19(24)11-18(23)21(3,4)20(25)15(2)10-14/h6,14-15,17-18,22-23H,5,7-13H2,1-4H3/b16-6-. The molecule has 4 unspecified atom stereocenters. The number of ketones is 1. The van der Waals surface area contributed by atoms with Crippen molar-refractivity contribution in [3.63, 3.8) is 0 Å². The van der Waals surface area contributed by atoms with E-state index in [0.717, 1.165) is 25.8 Å². The van der Waals surface area contributed by atoms with Crippen molar-refractivity contribution in [2.24, 2.45) is 17.3 Å². The molecule has 0 aromatic rings. The molecule has 27 heavy (non-hydrogen) atoms. The van der Waals surface area contributed by atoms with Gasteiger partial charge in [-0.2, -0.15) is 0 Å². The van der Waals surface area contributed by atoms with E-state index in [0.29, 0.717) is 19.1 Å². The zero-order valence-electron chi connectivity index (χ0n) is 17.1. The summed E-state index contributed by atoms with van der Waals surface area (Å²) >= 11 is 0. The highest BCUT2D eigenvalue weighted by molar-refractivity contribution is 5.87. The molecule has 0 aromatic carbocycles. The van der Waals surface area contributed by atoms with Crippen LogP contribution in [0.2, 0.25) is 0 Å². The number of fused-ring (bicyclic) bond motifs is 1. The summed E-state index contributed by atoms with van der Waals surface area (Å²) in [6, 6.07) is 0. The number of hydrogen-bond donors (Lipinski definition) is 2. The first-order chi connectivity index (χ1) is 12.7. The Balaban J connectivity index is 2.14. The minimum absolute atomic E-state index is 0.000412. The monoisotopic (exact) mass is 381 g/mol. The summed E-state index contributed by atoms with van der Waals surface area (Å²) < 4.78 is 11.1. The molecule has 2 N–H and O–H groups in total. The van der Waals surface area contributed by atoms with E-state index in [1.54, 1.807) is 13.8 Å². The molecule has 1 fully saturated rings. The summed E-state index contributed by atoms with van der Waals surface area (Å²) in [5.41, 5.74) is 0.224. The molecule has 6 heteroatoms. The number of cyclic esters (lactones) is 1. The van der Waals surface area contributed by atoms with Gasteiger partial charge < -0.3 is 14.6 Å². The van der Waals surface area contributed by atoms with Gasteiger partial charge in [-0.05, 0) is 37.2 Å². The van der Waals surface area contributed by atoms with E-state index in [2.05, 4.69) is 18.3 Å². The highest BCUT2D eigenvalue weighted by Crippen LogP contribution is 2.32. The minimum atomic E-state index is -1.04. The normalized spacial score (nSPS) is 36.3. The van der Waals surface area contributed by atoms with Gasteiger partial charge in [0, 0.05) is 12.5 Å². The summed E-state index contributed by atoms with van der Waals surface area (Å²) in [7, 11) is 0. The number of esters is 1. The number of aliphatic hydroxyl groups is 1. The maximum Gasteiger partial charge on any atom is 0.308 e. The zero-order valence-corrected chi connectivity index (χ0v) is 17.1. The van der Waals surface area contributed by atoms with Crippen molar-refractivity contribution in [2.75, 3.05) is 19.9 Å². The molecule has 2 heterocycles. The van der Waals surface area contributed by atoms with Crippen molar-refractivity contribution >= 4 is 11.8 Å². The maximum atomic E-state index is 12.9. The number of aliphatic hydroxyl groups excluding tert-OH is 1. The van der Waals surface area contributed by atoms with Crippen LogP contribution in [0.3, 0.4) is 0 Å². The molecule has 2 rings (SSSR count). The average molecular weight is 382 g/mol. The second kappa shape index (κ2) is 9.80. The molecule has 1 saturated heterocycles. The Morgan fingerprint density at radius 3 is 2.70 bits per heavy atom. The van der Waals surface area contributed by atoms with Crippen LogP contribution in [0.4, 0.5) is 0 Å². The fourth-order valence-corrected chi connectivity index (χ4v) is 4.00. The van der Waals surface area contributed by atoms with Gasteiger partial charge in [0.15, 0.2) is 0 Å². The van der Waals surface area contributed by atoms with Gasteiger partial charge in [-0.25, -0.2) is 0 Å². The summed E-state index contributed by atoms with van der Waals surface area (Å²) in [6.07, 6.45) is 4.26. The SMILES string of the molecule is CC1CCC2OCNC/C2=C/CCOC(=O)CC(O)C(C)(C)C(=O)C(C)C1. The van der Waals surface area contributed by atoms with Crippen LogP contribution in [0.15, 0.2) is 11.6 Å². The molecular formula is C21H35NO5. The number of carbonyl (C=O) groups excluding carboxylic acids is 2. The molecule has 0 aliphatic carbocycles. The summed E-state index contributed by atoms with van der Waals surface area (Å²) in [4.78, 5) is 24.9. The van der Waals surface area contributed by atoms with Crippen LogP contribution >= 0.6 is 0 Å². The van der Waals surface area contributed by atoms with Crippen LogP contribution in [-0.4, -0.2) is 48.9 Å². The van der Waals surface area contributed by atoms with Gasteiger partial charge >= 0.3 is 5.97 Å². The quantitative estimate of drug-likeness (QED) is 0.496. The largest absolute Gasteiger partial charge is 0.465 e. The second-order valence-electron chi connectivity index (χ2n) is 8.64. The summed E-state index contributed by atoms with van der Waals surface area (Å²) in [5.74, 6) is -0.253. The van der Waals surface area contributed by atoms with Crippen LogP contribution in [-0.2, 0) is 19.1 Å². The lowest BCUT2D eigenvalue weighted by molar-refractivity contribution is -0.150. The van der Waals surface area contributed by atoms with Crippen LogP contribution < -0.4 is 5.32 Å². The first kappa shape index (κ1) is 22.1. The number of hydrogen-bond acceptors (Lipinski definition) is 6. The maximum absolute atomic E-state index is 12.9. The third-order valence-corrected chi connectivity index (χ3v) is 5.87. The van der Waals surface area contributed by atoms with Crippen LogP contribution in [0.1, 0.15) is 59.8 Å². The molecule has 154 valence electrons. The van der Waals surface area contributed by atoms with E-state index >= 15 is 0 Å². The minimum Gasteiger partial charge on any atom is -0.465 e. The zero-order chi connectivity index (χ0) is 20.0. The highest BCUT2D eigenvalue weighted by atomic mass is 16.5. The van der Waals surface area contributed by atoms with Gasteiger partial charge in [-0.3, -0.25) is 14.9 Å². The van der Waals surface area contributed by atoms with Crippen molar-refractivity contribution in [1.82, 2.24) is 5.32 Å². The number of nitrogens with one attached hydrogen (secondary N) is 1. The molecule has 4 atom stereocenters. The fourth-order valence-electron chi connectivity index (χ4n) is 4.00. The van der Waals surface area contributed by atoms with Crippen LogP contribution in [0.5, 0.6) is 0 Å². The Morgan fingerprint density at radius 2 is 1.96 bits per heavy atom. The lowest BCUT2D eigenvalue weighted by atomic mass is 9.74. The van der Waals surface area contributed by atoms with E-state index in [1.807, 2.05) is 6.92 Å². The van der Waals surface area contributed by atoms with E-state index in [4.69, 9.17) is 9.47 Å². The second-order valence-corrected chi connectivity index (χ2v) is 8.64. The fraction of sp³-hybridized carbons (Fsp3) is 0.810. The van der Waals surface area contributed by atoms with Crippen LogP contribution in [0, 0.1) is 17.3 Å². The Labute approximate surface area is 162 Å². The van der Waals surface area contributed by atoms with Crippen molar-refractivity contribution in [2.45, 2.75) is 72.0 Å². The van der Waals surface area contributed by atoms with E-state index in [-0.39, 0.29) is 30.8 Å². The van der Waals surface area contributed by atoms with Gasteiger partial charge in [-0.15, -0.1) is 0 Å². The van der Waals surface area contributed by atoms with Crippen LogP contribution in [0.25, 0.3) is 0 Å². The number of carbonyl (C=O) groups is 2. The third kappa shape index (κ3) is 6.13. The molecule has 2 aliphatic heterocycles. The van der Waals surface area contributed by atoms with Gasteiger partial charge in [0.1, 0.15) is 5.78 Å². The number of ether oxygens (including phenoxy) is 2. The summed E-state index contributed by atoms with van der Waals surface area (Å²) in [6.45, 7) is 9.12. The topological polar surface area (TPSA) is 84.9 Å². The average Bonchev–Trinajstić information content (AvgIpc) is 2.62. The smallest absolute Gasteiger partial charge is 0.308 e. The Bertz CT molecular complexity index is 557. The lowest BCUT2D eigenvalue weighted by Crippen LogP contribution is -2.42. The summed E-state index contributed by atoms with van der Waals surface area (Å²) in [5, 5.41) is 13.7. The van der Waals surface area contributed by atoms with Gasteiger partial charge in [0.2, 0.25) is 0 Å². The Morgan fingerprint density at radius 1 is 1.22 bits per heavy atom. The molecule has 0 saturated carbocycles. The van der Waals surface area contributed by atoms with Crippen molar-refractivity contribution in [3.05, 3.63) is 11.6 Å². The lowest BCUT2D eigenvalue weighted by Gasteiger charge is -2.32. The highest BCUT2D eigenvalue weighted by Gasteiger charge is 2.39.